The highest BCUT2D eigenvalue weighted by atomic mass is 16.5. The molecule has 0 aromatic carbocycles. The second-order valence-corrected chi connectivity index (χ2v) is 6.56. The van der Waals surface area contributed by atoms with E-state index < -0.39 is 24.0 Å². The summed E-state index contributed by atoms with van der Waals surface area (Å²) in [5.74, 6) is -2.67. The molecule has 1 unspecified atom stereocenters. The summed E-state index contributed by atoms with van der Waals surface area (Å²) >= 11 is 0. The zero-order valence-corrected chi connectivity index (χ0v) is 15.0. The quantitative estimate of drug-likeness (QED) is 0.182. The predicted molar refractivity (Wildman–Crippen MR) is 91.3 cm³/mol. The fourth-order valence-corrected chi connectivity index (χ4v) is 1.99. The van der Waals surface area contributed by atoms with Crippen molar-refractivity contribution in [3.63, 3.8) is 0 Å². The van der Waals surface area contributed by atoms with E-state index in [0.29, 0.717) is 23.9 Å². The minimum atomic E-state index is -1.24. The lowest BCUT2D eigenvalue weighted by Gasteiger charge is -2.29. The second kappa shape index (κ2) is 12.0. The molecule has 0 aromatic heterocycles. The first-order valence-electron chi connectivity index (χ1n) is 8.02. The number of unbranched alkanes of at least 4 members (excludes halogenated alkanes) is 1. The molecule has 1 N–H and O–H groups in total. The summed E-state index contributed by atoms with van der Waals surface area (Å²) < 4.78 is 5.72. The molecule has 140 valence electrons. The number of hydrogen-bond acceptors (Lipinski definition) is 5. The first-order valence-corrected chi connectivity index (χ1v) is 8.02. The van der Waals surface area contributed by atoms with Gasteiger partial charge in [0.25, 0.3) is 0 Å². The number of carbonyl (C=O) groups is 3. The van der Waals surface area contributed by atoms with Crippen LogP contribution in [0.5, 0.6) is 0 Å². The van der Waals surface area contributed by atoms with Crippen LogP contribution >= 0.6 is 0 Å². The van der Waals surface area contributed by atoms with E-state index in [4.69, 9.17) is 9.84 Å². The first-order chi connectivity index (χ1) is 11.6. The zero-order valence-electron chi connectivity index (χ0n) is 15.0. The van der Waals surface area contributed by atoms with Gasteiger partial charge in [-0.15, -0.1) is 0 Å². The molecular weight excluding hydrogens is 326 g/mol. The summed E-state index contributed by atoms with van der Waals surface area (Å²) in [6, 6.07) is 0. The maximum Gasteiger partial charge on any atom is 0.328 e. The molecule has 0 rings (SSSR count). The molecule has 0 saturated heterocycles. The van der Waals surface area contributed by atoms with Gasteiger partial charge in [-0.05, 0) is 12.8 Å². The van der Waals surface area contributed by atoms with Crippen molar-refractivity contribution in [3.8, 4) is 0 Å². The van der Waals surface area contributed by atoms with E-state index in [0.717, 1.165) is 6.08 Å². The number of allylic oxidation sites excluding steroid dienone is 5. The summed E-state index contributed by atoms with van der Waals surface area (Å²) in [6.45, 7) is 0.397. The molecule has 0 radical (unpaired) electrons. The van der Waals surface area contributed by atoms with Crippen molar-refractivity contribution in [2.45, 2.75) is 31.8 Å². The molecule has 25 heavy (non-hydrogen) atoms. The Morgan fingerprint density at radius 1 is 1.12 bits per heavy atom. The number of hydrogen-bond donors (Lipinski definition) is 1. The lowest BCUT2D eigenvalue weighted by Crippen LogP contribution is -2.45. The van der Waals surface area contributed by atoms with Crippen LogP contribution in [0.1, 0.15) is 25.7 Å². The fourth-order valence-electron chi connectivity index (χ4n) is 1.99. The van der Waals surface area contributed by atoms with Gasteiger partial charge in [0.1, 0.15) is 6.54 Å². The summed E-state index contributed by atoms with van der Waals surface area (Å²) in [5.41, 5.74) is 0. The van der Waals surface area contributed by atoms with Gasteiger partial charge in [0.05, 0.1) is 21.1 Å². The van der Waals surface area contributed by atoms with E-state index in [9.17, 15) is 19.5 Å². The van der Waals surface area contributed by atoms with Crippen molar-refractivity contribution < 1.29 is 33.8 Å². The fraction of sp³-hybridized carbons (Fsp3) is 0.500. The molecule has 0 saturated carbocycles. The van der Waals surface area contributed by atoms with Crippen LogP contribution < -0.4 is 5.11 Å². The summed E-state index contributed by atoms with van der Waals surface area (Å²) in [5, 5.41) is 19.2. The summed E-state index contributed by atoms with van der Waals surface area (Å²) in [7, 11) is 5.67. The van der Waals surface area contributed by atoms with Crippen molar-refractivity contribution in [2.24, 2.45) is 0 Å². The van der Waals surface area contributed by atoms with Crippen molar-refractivity contribution in [2.75, 3.05) is 27.7 Å². The molecule has 0 amide bonds. The number of carboxylic acids is 2. The van der Waals surface area contributed by atoms with Gasteiger partial charge >= 0.3 is 11.9 Å². The lowest BCUT2D eigenvalue weighted by molar-refractivity contribution is -0.873. The van der Waals surface area contributed by atoms with E-state index in [-0.39, 0.29) is 12.8 Å². The van der Waals surface area contributed by atoms with Crippen molar-refractivity contribution in [1.29, 1.82) is 0 Å². The highest BCUT2D eigenvalue weighted by Gasteiger charge is 2.22. The Kier molecular flexibility index (Phi) is 10.9. The average molecular weight is 353 g/mol. The van der Waals surface area contributed by atoms with Gasteiger partial charge in [0.2, 0.25) is 0 Å². The van der Waals surface area contributed by atoms with Gasteiger partial charge in [0.15, 0.2) is 6.10 Å². The highest BCUT2D eigenvalue weighted by molar-refractivity contribution is 5.80. The Hall–Kier alpha value is -2.41. The van der Waals surface area contributed by atoms with Gasteiger partial charge in [0, 0.05) is 24.9 Å². The SMILES string of the molecule is C[N+](C)(C)CC(CC(=O)[O-])OC(=O)CCC/C=C/C=C/C=C/C(=O)O. The van der Waals surface area contributed by atoms with Gasteiger partial charge < -0.3 is 24.2 Å². The molecule has 7 nitrogen and oxygen atoms in total. The molecule has 0 aliphatic carbocycles. The molecule has 0 aromatic rings. The third kappa shape index (κ3) is 16.2. The van der Waals surface area contributed by atoms with Gasteiger partial charge in [-0.1, -0.05) is 30.4 Å². The van der Waals surface area contributed by atoms with Crippen LogP contribution in [0.3, 0.4) is 0 Å². The highest BCUT2D eigenvalue weighted by Crippen LogP contribution is 2.08. The molecule has 0 heterocycles. The minimum Gasteiger partial charge on any atom is -0.550 e. The Labute approximate surface area is 148 Å². The number of quaternary nitrogens is 1. The zero-order chi connectivity index (χ0) is 19.3. The Morgan fingerprint density at radius 3 is 2.32 bits per heavy atom. The van der Waals surface area contributed by atoms with Crippen molar-refractivity contribution in [3.05, 3.63) is 36.5 Å². The Bertz CT molecular complexity index is 528. The third-order valence-corrected chi connectivity index (χ3v) is 2.90. The van der Waals surface area contributed by atoms with Crippen LogP contribution in [0.4, 0.5) is 0 Å². The first kappa shape index (κ1) is 22.6. The van der Waals surface area contributed by atoms with E-state index in [1.54, 1.807) is 18.2 Å². The second-order valence-electron chi connectivity index (χ2n) is 6.56. The van der Waals surface area contributed by atoms with Crippen molar-refractivity contribution in [1.82, 2.24) is 0 Å². The van der Waals surface area contributed by atoms with E-state index >= 15 is 0 Å². The van der Waals surface area contributed by atoms with Crippen LogP contribution in [-0.2, 0) is 19.1 Å². The topological polar surface area (TPSA) is 104 Å². The van der Waals surface area contributed by atoms with E-state index in [1.165, 1.54) is 6.08 Å². The molecule has 0 bridgehead atoms. The predicted octanol–water partition coefficient (Wildman–Crippen LogP) is 0.668. The largest absolute Gasteiger partial charge is 0.550 e. The van der Waals surface area contributed by atoms with Gasteiger partial charge in [-0.2, -0.15) is 0 Å². The number of ether oxygens (including phenoxy) is 1. The van der Waals surface area contributed by atoms with E-state index in [2.05, 4.69) is 0 Å². The van der Waals surface area contributed by atoms with Crippen LogP contribution in [0, 0.1) is 0 Å². The van der Waals surface area contributed by atoms with Gasteiger partial charge in [-0.25, -0.2) is 4.79 Å². The number of rotatable bonds is 12. The number of nitrogens with zero attached hydrogens (tertiary/aromatic N) is 1. The number of carboxylic acid groups (broad SMARTS) is 2. The average Bonchev–Trinajstić information content (AvgIpc) is 2.42. The van der Waals surface area contributed by atoms with Crippen molar-refractivity contribution >= 4 is 17.9 Å². The number of esters is 1. The normalized spacial score (nSPS) is 13.6. The molecule has 0 aliphatic heterocycles. The van der Waals surface area contributed by atoms with E-state index in [1.807, 2.05) is 27.2 Å². The summed E-state index contributed by atoms with van der Waals surface area (Å²) in [4.78, 5) is 32.8. The number of carbonyl (C=O) groups excluding carboxylic acids is 2. The standard InChI is InChI=1S/C18H27NO6/c1-19(2,3)14-15(13-17(22)23)25-18(24)12-10-8-6-4-5-7-9-11-16(20)21/h4-7,9,11,15H,8,10,12-14H2,1-3H3,(H-,20,21,22,23)/b6-4+,7-5+,11-9+. The molecule has 0 aliphatic rings. The Balaban J connectivity index is 4.14. The molecule has 0 fully saturated rings. The van der Waals surface area contributed by atoms with Gasteiger partial charge in [-0.3, -0.25) is 4.79 Å². The molecule has 1 atom stereocenters. The monoisotopic (exact) mass is 353 g/mol. The lowest BCUT2D eigenvalue weighted by atomic mass is 10.2. The number of aliphatic carboxylic acids is 2. The van der Waals surface area contributed by atoms with Crippen LogP contribution in [0.2, 0.25) is 0 Å². The Morgan fingerprint density at radius 2 is 1.76 bits per heavy atom. The van der Waals surface area contributed by atoms with Crippen LogP contribution in [0.15, 0.2) is 36.5 Å². The maximum absolute atomic E-state index is 11.8. The smallest absolute Gasteiger partial charge is 0.328 e. The molecular formula is C18H27NO6. The summed E-state index contributed by atoms with van der Waals surface area (Å²) in [6.07, 6.45) is 9.76. The maximum atomic E-state index is 11.8. The van der Waals surface area contributed by atoms with Crippen LogP contribution in [0.25, 0.3) is 0 Å². The third-order valence-electron chi connectivity index (χ3n) is 2.90. The molecule has 0 spiro atoms. The molecule has 7 heteroatoms. The van der Waals surface area contributed by atoms with Crippen LogP contribution in [-0.4, -0.2) is 61.3 Å². The minimum absolute atomic E-state index is 0.202. The number of likely N-dealkylation sites (N-methyl/N-ethyl adjacent to an activating group) is 1.